The molecule has 1 saturated heterocycles. The first kappa shape index (κ1) is 11.4. The Balaban J connectivity index is 2.08. The van der Waals surface area contributed by atoms with Crippen molar-refractivity contribution in [2.45, 2.75) is 19.8 Å². The summed E-state index contributed by atoms with van der Waals surface area (Å²) in [4.78, 5) is 18.0. The first-order chi connectivity index (χ1) is 7.70. The van der Waals surface area contributed by atoms with E-state index in [1.807, 2.05) is 4.90 Å². The summed E-state index contributed by atoms with van der Waals surface area (Å²) in [7, 11) is 0. The van der Waals surface area contributed by atoms with Crippen molar-refractivity contribution in [3.05, 3.63) is 29.0 Å². The van der Waals surface area contributed by atoms with E-state index >= 15 is 0 Å². The highest BCUT2D eigenvalue weighted by Gasteiger charge is 2.26. The molecule has 0 spiro atoms. The minimum Gasteiger partial charge on any atom is -0.337 e. The van der Waals surface area contributed by atoms with Crippen molar-refractivity contribution >= 4 is 17.5 Å². The molecular formula is C12H15ClN2O. The minimum atomic E-state index is -0.00144. The molecule has 1 aliphatic heterocycles. The van der Waals surface area contributed by atoms with Gasteiger partial charge >= 0.3 is 0 Å². The predicted molar refractivity (Wildman–Crippen MR) is 63.5 cm³/mol. The van der Waals surface area contributed by atoms with Crippen molar-refractivity contribution in [1.29, 1.82) is 0 Å². The van der Waals surface area contributed by atoms with Crippen molar-refractivity contribution in [1.82, 2.24) is 9.88 Å². The first-order valence-corrected chi connectivity index (χ1v) is 6.00. The van der Waals surface area contributed by atoms with Gasteiger partial charge in [-0.25, -0.2) is 4.98 Å². The Morgan fingerprint density at radius 3 is 3.06 bits per heavy atom. The molecule has 1 aromatic rings. The molecule has 86 valence electrons. The standard InChI is InChI=1S/C12H15ClN2O/c1-2-9-6-7-15(8-9)12(16)10-4-3-5-11(13)14-10/h3-5,9H,2,6-8H2,1H3. The third kappa shape index (κ3) is 2.35. The lowest BCUT2D eigenvalue weighted by atomic mass is 10.1. The summed E-state index contributed by atoms with van der Waals surface area (Å²) in [5, 5.41) is 0.372. The molecule has 1 fully saturated rings. The second-order valence-corrected chi connectivity index (χ2v) is 4.55. The second kappa shape index (κ2) is 4.83. The summed E-state index contributed by atoms with van der Waals surface area (Å²) in [6.07, 6.45) is 2.23. The Labute approximate surface area is 100 Å². The Bertz CT molecular complexity index is 394. The number of aromatic nitrogens is 1. The van der Waals surface area contributed by atoms with Gasteiger partial charge in [0.1, 0.15) is 10.8 Å². The molecule has 1 atom stereocenters. The van der Waals surface area contributed by atoms with Gasteiger partial charge in [-0.3, -0.25) is 4.79 Å². The van der Waals surface area contributed by atoms with Crippen molar-refractivity contribution in [2.75, 3.05) is 13.1 Å². The van der Waals surface area contributed by atoms with E-state index in [-0.39, 0.29) is 5.91 Å². The van der Waals surface area contributed by atoms with Crippen LogP contribution >= 0.6 is 11.6 Å². The molecule has 1 amide bonds. The van der Waals surface area contributed by atoms with Gasteiger partial charge in [0.05, 0.1) is 0 Å². The molecule has 2 heterocycles. The molecule has 0 bridgehead atoms. The van der Waals surface area contributed by atoms with Crippen LogP contribution < -0.4 is 0 Å². The van der Waals surface area contributed by atoms with Crippen molar-refractivity contribution in [2.24, 2.45) is 5.92 Å². The Morgan fingerprint density at radius 1 is 1.62 bits per heavy atom. The Morgan fingerprint density at radius 2 is 2.44 bits per heavy atom. The molecule has 0 saturated carbocycles. The maximum atomic E-state index is 12.1. The van der Waals surface area contributed by atoms with E-state index in [0.29, 0.717) is 16.8 Å². The quantitative estimate of drug-likeness (QED) is 0.742. The number of amides is 1. The molecular weight excluding hydrogens is 224 g/mol. The number of carbonyl (C=O) groups is 1. The van der Waals surface area contributed by atoms with E-state index in [1.165, 1.54) is 0 Å². The van der Waals surface area contributed by atoms with Crippen LogP contribution in [0.25, 0.3) is 0 Å². The third-order valence-electron chi connectivity index (χ3n) is 3.08. The van der Waals surface area contributed by atoms with Crippen LogP contribution in [0, 0.1) is 5.92 Å². The van der Waals surface area contributed by atoms with Gasteiger partial charge in [0.15, 0.2) is 0 Å². The van der Waals surface area contributed by atoms with Crippen LogP contribution in [0.15, 0.2) is 18.2 Å². The van der Waals surface area contributed by atoms with E-state index in [9.17, 15) is 4.79 Å². The molecule has 1 aromatic heterocycles. The lowest BCUT2D eigenvalue weighted by Gasteiger charge is -2.15. The highest BCUT2D eigenvalue weighted by molar-refractivity contribution is 6.29. The van der Waals surface area contributed by atoms with Crippen LogP contribution in [0.1, 0.15) is 30.3 Å². The van der Waals surface area contributed by atoms with Gasteiger partial charge in [-0.1, -0.05) is 31.0 Å². The summed E-state index contributed by atoms with van der Waals surface area (Å²) < 4.78 is 0. The minimum absolute atomic E-state index is 0.00144. The number of hydrogen-bond donors (Lipinski definition) is 0. The number of pyridine rings is 1. The number of hydrogen-bond acceptors (Lipinski definition) is 2. The second-order valence-electron chi connectivity index (χ2n) is 4.16. The Kier molecular flexibility index (Phi) is 3.44. The molecule has 0 radical (unpaired) electrons. The van der Waals surface area contributed by atoms with Crippen LogP contribution in [-0.4, -0.2) is 28.9 Å². The topological polar surface area (TPSA) is 33.2 Å². The van der Waals surface area contributed by atoms with Gasteiger partial charge < -0.3 is 4.90 Å². The summed E-state index contributed by atoms with van der Waals surface area (Å²) in [5.41, 5.74) is 0.448. The molecule has 4 heteroatoms. The molecule has 2 rings (SSSR count). The summed E-state index contributed by atoms with van der Waals surface area (Å²) in [5.74, 6) is 0.640. The van der Waals surface area contributed by atoms with E-state index in [4.69, 9.17) is 11.6 Å². The zero-order valence-electron chi connectivity index (χ0n) is 9.32. The average Bonchev–Trinajstić information content (AvgIpc) is 2.76. The molecule has 1 unspecified atom stereocenters. The zero-order valence-corrected chi connectivity index (χ0v) is 10.1. The van der Waals surface area contributed by atoms with Crippen LogP contribution in [0.5, 0.6) is 0 Å². The van der Waals surface area contributed by atoms with E-state index < -0.39 is 0 Å². The summed E-state index contributed by atoms with van der Waals surface area (Å²) in [6.45, 7) is 3.85. The molecule has 1 aliphatic rings. The van der Waals surface area contributed by atoms with E-state index in [1.54, 1.807) is 18.2 Å². The highest BCUT2D eigenvalue weighted by Crippen LogP contribution is 2.20. The zero-order chi connectivity index (χ0) is 11.5. The largest absolute Gasteiger partial charge is 0.337 e. The number of nitrogens with zero attached hydrogens (tertiary/aromatic N) is 2. The van der Waals surface area contributed by atoms with E-state index in [0.717, 1.165) is 25.9 Å². The van der Waals surface area contributed by atoms with Gasteiger partial charge in [0.2, 0.25) is 0 Å². The van der Waals surface area contributed by atoms with Crippen LogP contribution in [0.2, 0.25) is 5.15 Å². The van der Waals surface area contributed by atoms with Gasteiger partial charge in [-0.05, 0) is 24.5 Å². The van der Waals surface area contributed by atoms with Gasteiger partial charge in [-0.2, -0.15) is 0 Å². The fraction of sp³-hybridized carbons (Fsp3) is 0.500. The van der Waals surface area contributed by atoms with Crippen LogP contribution in [0.4, 0.5) is 0 Å². The summed E-state index contributed by atoms with van der Waals surface area (Å²) in [6, 6.07) is 5.15. The molecule has 16 heavy (non-hydrogen) atoms. The SMILES string of the molecule is CCC1CCN(C(=O)c2cccc(Cl)n2)C1. The lowest BCUT2D eigenvalue weighted by Crippen LogP contribution is -2.29. The van der Waals surface area contributed by atoms with Crippen molar-refractivity contribution < 1.29 is 4.79 Å². The normalized spacial score (nSPS) is 20.1. The maximum Gasteiger partial charge on any atom is 0.272 e. The fourth-order valence-corrected chi connectivity index (χ4v) is 2.20. The number of likely N-dealkylation sites (tertiary alicyclic amines) is 1. The highest BCUT2D eigenvalue weighted by atomic mass is 35.5. The first-order valence-electron chi connectivity index (χ1n) is 5.62. The van der Waals surface area contributed by atoms with Gasteiger partial charge in [0.25, 0.3) is 5.91 Å². The van der Waals surface area contributed by atoms with Crippen LogP contribution in [-0.2, 0) is 0 Å². The molecule has 3 nitrogen and oxygen atoms in total. The molecule has 0 aromatic carbocycles. The molecule has 0 N–H and O–H groups in total. The Hall–Kier alpha value is -1.09. The monoisotopic (exact) mass is 238 g/mol. The number of halogens is 1. The van der Waals surface area contributed by atoms with Crippen molar-refractivity contribution in [3.63, 3.8) is 0 Å². The van der Waals surface area contributed by atoms with Gasteiger partial charge in [0, 0.05) is 13.1 Å². The van der Waals surface area contributed by atoms with Crippen molar-refractivity contribution in [3.8, 4) is 0 Å². The van der Waals surface area contributed by atoms with Gasteiger partial charge in [-0.15, -0.1) is 0 Å². The predicted octanol–water partition coefficient (Wildman–Crippen LogP) is 2.61. The average molecular weight is 239 g/mol. The van der Waals surface area contributed by atoms with Crippen LogP contribution in [0.3, 0.4) is 0 Å². The smallest absolute Gasteiger partial charge is 0.272 e. The molecule has 0 aliphatic carbocycles. The number of carbonyl (C=O) groups excluding carboxylic acids is 1. The summed E-state index contributed by atoms with van der Waals surface area (Å²) >= 11 is 5.77. The lowest BCUT2D eigenvalue weighted by molar-refractivity contribution is 0.0781. The van der Waals surface area contributed by atoms with E-state index in [2.05, 4.69) is 11.9 Å². The number of rotatable bonds is 2. The fourth-order valence-electron chi connectivity index (χ4n) is 2.04. The maximum absolute atomic E-state index is 12.1. The third-order valence-corrected chi connectivity index (χ3v) is 3.30.